The normalized spacial score (nSPS) is 15.7. The molecule has 6 nitrogen and oxygen atoms in total. The Balaban J connectivity index is 1.98. The quantitative estimate of drug-likeness (QED) is 0.425. The Morgan fingerprint density at radius 2 is 1.94 bits per heavy atom. The van der Waals surface area contributed by atoms with Gasteiger partial charge in [-0.15, -0.1) is 0 Å². The van der Waals surface area contributed by atoms with Gasteiger partial charge in [-0.3, -0.25) is 9.36 Å². The molecule has 0 unspecified atom stereocenters. The molecule has 0 saturated heterocycles. The summed E-state index contributed by atoms with van der Waals surface area (Å²) < 4.78 is 13.4. The second kappa shape index (κ2) is 10.4. The summed E-state index contributed by atoms with van der Waals surface area (Å²) in [5, 5.41) is 0.827. The number of esters is 1. The first-order valence-electron chi connectivity index (χ1n) is 11.1. The van der Waals surface area contributed by atoms with E-state index in [0.29, 0.717) is 42.0 Å². The summed E-state index contributed by atoms with van der Waals surface area (Å²) in [6.07, 6.45) is 1.64. The maximum absolute atomic E-state index is 13.7. The van der Waals surface area contributed by atoms with Gasteiger partial charge in [0, 0.05) is 5.56 Å². The van der Waals surface area contributed by atoms with Crippen LogP contribution in [0.15, 0.2) is 63.5 Å². The van der Waals surface area contributed by atoms with Gasteiger partial charge >= 0.3 is 5.97 Å². The van der Waals surface area contributed by atoms with E-state index in [1.165, 1.54) is 15.9 Å². The van der Waals surface area contributed by atoms with Crippen molar-refractivity contribution in [2.75, 3.05) is 6.61 Å². The molecule has 0 amide bonds. The molecule has 1 aliphatic rings. The molecule has 2 heterocycles. The maximum Gasteiger partial charge on any atom is 0.338 e. The fraction of sp³-hybridized carbons (Fsp3) is 0.269. The van der Waals surface area contributed by atoms with E-state index in [9.17, 15) is 9.59 Å². The molecule has 0 saturated carbocycles. The average Bonchev–Trinajstić information content (AvgIpc) is 3.10. The third-order valence-corrected chi connectivity index (χ3v) is 7.06. The molecule has 1 atom stereocenters. The summed E-state index contributed by atoms with van der Waals surface area (Å²) in [4.78, 5) is 31.9. The molecular weight excluding hydrogens is 507 g/mol. The number of fused-ring (bicyclic) bond motifs is 1. The van der Waals surface area contributed by atoms with Crippen molar-refractivity contribution in [3.63, 3.8) is 0 Å². The molecule has 0 aliphatic carbocycles. The highest BCUT2D eigenvalue weighted by Gasteiger charge is 2.35. The summed E-state index contributed by atoms with van der Waals surface area (Å²) in [5.74, 6) is 0.0694. The summed E-state index contributed by atoms with van der Waals surface area (Å²) in [6.45, 7) is 7.54. The van der Waals surface area contributed by atoms with Crippen LogP contribution in [0.4, 0.5) is 0 Å². The van der Waals surface area contributed by atoms with Crippen molar-refractivity contribution in [3.8, 4) is 5.75 Å². The predicted octanol–water partition coefficient (Wildman–Crippen LogP) is 4.89. The fourth-order valence-corrected chi connectivity index (χ4v) is 5.26. The second-order valence-electron chi connectivity index (χ2n) is 8.18. The van der Waals surface area contributed by atoms with Crippen molar-refractivity contribution in [1.29, 1.82) is 0 Å². The highest BCUT2D eigenvalue weighted by Crippen LogP contribution is 2.36. The molecule has 0 fully saturated rings. The van der Waals surface area contributed by atoms with Gasteiger partial charge in [0.25, 0.3) is 5.56 Å². The first-order chi connectivity index (χ1) is 16.7. The smallest absolute Gasteiger partial charge is 0.338 e. The minimum atomic E-state index is -0.754. The average molecular weight is 531 g/mol. The first-order valence-corrected chi connectivity index (χ1v) is 12.7. The Morgan fingerprint density at radius 3 is 2.63 bits per heavy atom. The molecule has 1 aromatic heterocycles. The van der Waals surface area contributed by atoms with Crippen molar-refractivity contribution < 1.29 is 14.3 Å². The van der Waals surface area contributed by atoms with E-state index in [0.717, 1.165) is 5.56 Å². The molecule has 0 spiro atoms. The van der Waals surface area contributed by atoms with Gasteiger partial charge in [-0.05, 0) is 57.5 Å². The number of nitrogens with zero attached hydrogens (tertiary/aromatic N) is 2. The minimum Gasteiger partial charge on any atom is -0.491 e. The first kappa shape index (κ1) is 25.2. The van der Waals surface area contributed by atoms with Crippen LogP contribution >= 0.6 is 34.5 Å². The zero-order valence-electron chi connectivity index (χ0n) is 19.7. The highest BCUT2D eigenvalue weighted by molar-refractivity contribution is 7.07. The molecule has 182 valence electrons. The molecule has 35 heavy (non-hydrogen) atoms. The minimum absolute atomic E-state index is 0.0993. The Bertz CT molecular complexity index is 1500. The number of ether oxygens (including phenoxy) is 2. The fourth-order valence-electron chi connectivity index (χ4n) is 3.91. The number of hydrogen-bond donors (Lipinski definition) is 0. The lowest BCUT2D eigenvalue weighted by Gasteiger charge is -2.26. The van der Waals surface area contributed by atoms with Crippen LogP contribution in [0.1, 0.15) is 44.9 Å². The van der Waals surface area contributed by atoms with E-state index in [1.807, 2.05) is 38.1 Å². The second-order valence-corrected chi connectivity index (χ2v) is 10.0. The zero-order chi connectivity index (χ0) is 25.3. The van der Waals surface area contributed by atoms with Gasteiger partial charge in [0.1, 0.15) is 11.8 Å². The third kappa shape index (κ3) is 5.08. The number of halogens is 2. The molecule has 9 heteroatoms. The van der Waals surface area contributed by atoms with Crippen molar-refractivity contribution in [2.45, 2.75) is 39.8 Å². The van der Waals surface area contributed by atoms with Crippen molar-refractivity contribution >= 4 is 46.6 Å². The predicted molar refractivity (Wildman–Crippen MR) is 139 cm³/mol. The standard InChI is InChI=1S/C26H24Cl2N2O4S/c1-5-33-25(32)22-15(4)29-26-30(23(22)17-8-6-7-9-20(17)34-14(2)3)24(31)21(35-26)13-16-10-11-18(27)19(28)12-16/h6-14,23H,5H2,1-4H3/b21-13+/t23-/m0/s1. The van der Waals surface area contributed by atoms with Crippen LogP contribution in [0.5, 0.6) is 5.75 Å². The molecule has 0 bridgehead atoms. The molecule has 4 rings (SSSR count). The monoisotopic (exact) mass is 530 g/mol. The molecule has 1 aliphatic heterocycles. The van der Waals surface area contributed by atoms with Crippen LogP contribution in [-0.2, 0) is 9.53 Å². The van der Waals surface area contributed by atoms with E-state index >= 15 is 0 Å². The van der Waals surface area contributed by atoms with Gasteiger partial charge in [-0.25, -0.2) is 9.79 Å². The summed E-state index contributed by atoms with van der Waals surface area (Å²) in [5.41, 5.74) is 1.93. The van der Waals surface area contributed by atoms with Crippen molar-refractivity contribution in [1.82, 2.24) is 4.57 Å². The Morgan fingerprint density at radius 1 is 1.20 bits per heavy atom. The van der Waals surface area contributed by atoms with Crippen LogP contribution < -0.4 is 19.6 Å². The van der Waals surface area contributed by atoms with Crippen molar-refractivity contribution in [3.05, 3.63) is 94.6 Å². The highest BCUT2D eigenvalue weighted by atomic mass is 35.5. The van der Waals surface area contributed by atoms with E-state index in [-0.39, 0.29) is 18.3 Å². The molecule has 3 aromatic rings. The largest absolute Gasteiger partial charge is 0.491 e. The number of rotatable bonds is 6. The number of aromatic nitrogens is 1. The topological polar surface area (TPSA) is 69.9 Å². The van der Waals surface area contributed by atoms with Crippen LogP contribution in [0.2, 0.25) is 10.0 Å². The van der Waals surface area contributed by atoms with Crippen LogP contribution in [0.25, 0.3) is 6.08 Å². The summed E-state index contributed by atoms with van der Waals surface area (Å²) >= 11 is 13.4. The van der Waals surface area contributed by atoms with Gasteiger partial charge in [-0.1, -0.05) is 58.8 Å². The van der Waals surface area contributed by atoms with Gasteiger partial charge < -0.3 is 9.47 Å². The van der Waals surface area contributed by atoms with E-state index in [2.05, 4.69) is 4.99 Å². The van der Waals surface area contributed by atoms with Gasteiger partial charge in [0.2, 0.25) is 0 Å². The van der Waals surface area contributed by atoms with Crippen LogP contribution in [0.3, 0.4) is 0 Å². The molecule has 0 radical (unpaired) electrons. The van der Waals surface area contributed by atoms with Gasteiger partial charge in [0.05, 0.1) is 38.6 Å². The Labute approximate surface area is 216 Å². The number of hydrogen-bond acceptors (Lipinski definition) is 6. The van der Waals surface area contributed by atoms with Gasteiger partial charge in [0.15, 0.2) is 4.80 Å². The van der Waals surface area contributed by atoms with Crippen LogP contribution in [0, 0.1) is 0 Å². The van der Waals surface area contributed by atoms with E-state index in [1.54, 1.807) is 38.1 Å². The van der Waals surface area contributed by atoms with E-state index in [4.69, 9.17) is 32.7 Å². The van der Waals surface area contributed by atoms with Crippen molar-refractivity contribution in [2.24, 2.45) is 4.99 Å². The number of allylic oxidation sites excluding steroid dienone is 1. The van der Waals surface area contributed by atoms with Gasteiger partial charge in [-0.2, -0.15) is 0 Å². The zero-order valence-corrected chi connectivity index (χ0v) is 22.0. The van der Waals surface area contributed by atoms with Crippen LogP contribution in [-0.4, -0.2) is 23.2 Å². The number of carbonyl (C=O) groups is 1. The summed E-state index contributed by atoms with van der Waals surface area (Å²) in [7, 11) is 0. The Hall–Kier alpha value is -2.87. The summed E-state index contributed by atoms with van der Waals surface area (Å²) in [6, 6.07) is 11.8. The number of thiazole rings is 1. The van der Waals surface area contributed by atoms with E-state index < -0.39 is 12.0 Å². The molecule has 2 aromatic carbocycles. The maximum atomic E-state index is 13.7. The SMILES string of the molecule is CCOC(=O)C1=C(C)N=c2s/c(=C/c3ccc(Cl)c(Cl)c3)c(=O)n2[C@H]1c1ccccc1OC(C)C. The number of benzene rings is 2. The number of para-hydroxylation sites is 1. The molecule has 0 N–H and O–H groups in total. The third-order valence-electron chi connectivity index (χ3n) is 5.33. The lowest BCUT2D eigenvalue weighted by Crippen LogP contribution is -2.40. The lowest BCUT2D eigenvalue weighted by molar-refractivity contribution is -0.139. The Kier molecular flexibility index (Phi) is 7.50. The molecular formula is C26H24Cl2N2O4S. The number of carbonyl (C=O) groups excluding carboxylic acids is 1. The lowest BCUT2D eigenvalue weighted by atomic mass is 9.95.